The predicted octanol–water partition coefficient (Wildman–Crippen LogP) is 2.76. The van der Waals surface area contributed by atoms with E-state index in [1.807, 2.05) is 16.7 Å². The number of rotatable bonds is 5. The quantitative estimate of drug-likeness (QED) is 0.855. The molecule has 0 unspecified atom stereocenters. The average Bonchev–Trinajstić information content (AvgIpc) is 2.69. The molecule has 5 heteroatoms. The van der Waals surface area contributed by atoms with Gasteiger partial charge in [0.15, 0.2) is 5.78 Å². The van der Waals surface area contributed by atoms with Crippen molar-refractivity contribution >= 4 is 34.2 Å². The van der Waals surface area contributed by atoms with Crippen molar-refractivity contribution in [2.24, 2.45) is 5.73 Å². The zero-order chi connectivity index (χ0) is 14.0. The third-order valence-corrected chi connectivity index (χ3v) is 3.36. The summed E-state index contributed by atoms with van der Waals surface area (Å²) in [6.07, 6.45) is 2.74. The van der Waals surface area contributed by atoms with Crippen molar-refractivity contribution in [3.8, 4) is 0 Å². The highest BCUT2D eigenvalue weighted by atomic mass is 35.5. The first-order valence-electron chi connectivity index (χ1n) is 6.07. The topological polar surface area (TPSA) is 65.1 Å². The number of ketones is 1. The number of halogens is 1. The fourth-order valence-corrected chi connectivity index (χ4v) is 2.48. The van der Waals surface area contributed by atoms with E-state index in [1.165, 1.54) is 6.92 Å². The normalized spacial score (nSPS) is 10.8. The summed E-state index contributed by atoms with van der Waals surface area (Å²) < 4.78 is 1.91. The highest BCUT2D eigenvalue weighted by Gasteiger charge is 2.14. The highest BCUT2D eigenvalue weighted by Crippen LogP contribution is 2.28. The number of amides is 1. The molecule has 0 saturated heterocycles. The molecular weight excluding hydrogens is 264 g/mol. The molecule has 4 nitrogen and oxygen atoms in total. The van der Waals surface area contributed by atoms with Crippen molar-refractivity contribution in [2.45, 2.75) is 26.3 Å². The molecule has 100 valence electrons. The number of primary amides is 1. The zero-order valence-electron chi connectivity index (χ0n) is 10.6. The van der Waals surface area contributed by atoms with E-state index in [9.17, 15) is 9.59 Å². The lowest BCUT2D eigenvalue weighted by Crippen LogP contribution is -2.11. The van der Waals surface area contributed by atoms with Crippen molar-refractivity contribution in [3.05, 3.63) is 35.0 Å². The first-order chi connectivity index (χ1) is 9.00. The third kappa shape index (κ3) is 2.79. The van der Waals surface area contributed by atoms with Crippen molar-refractivity contribution in [1.29, 1.82) is 0 Å². The van der Waals surface area contributed by atoms with Gasteiger partial charge in [-0.25, -0.2) is 0 Å². The highest BCUT2D eigenvalue weighted by molar-refractivity contribution is 6.35. The molecule has 0 spiro atoms. The number of hydrogen-bond donors (Lipinski definition) is 1. The molecule has 0 aliphatic carbocycles. The van der Waals surface area contributed by atoms with Gasteiger partial charge in [0, 0.05) is 30.1 Å². The van der Waals surface area contributed by atoms with E-state index in [4.69, 9.17) is 17.3 Å². The van der Waals surface area contributed by atoms with E-state index in [0.717, 1.165) is 10.9 Å². The molecule has 0 fully saturated rings. The van der Waals surface area contributed by atoms with Crippen LogP contribution in [0.1, 0.15) is 30.1 Å². The number of carbonyl (C=O) groups excluding carboxylic acids is 2. The first-order valence-corrected chi connectivity index (χ1v) is 6.45. The Hall–Kier alpha value is -1.81. The van der Waals surface area contributed by atoms with E-state index in [2.05, 4.69) is 0 Å². The summed E-state index contributed by atoms with van der Waals surface area (Å²) in [6, 6.07) is 5.49. The minimum atomic E-state index is -0.325. The van der Waals surface area contributed by atoms with Crippen LogP contribution < -0.4 is 5.73 Å². The van der Waals surface area contributed by atoms with Crippen LogP contribution in [0, 0.1) is 0 Å². The van der Waals surface area contributed by atoms with Crippen LogP contribution in [0.4, 0.5) is 0 Å². The summed E-state index contributed by atoms with van der Waals surface area (Å²) in [5, 5.41) is 1.45. The number of fused-ring (bicyclic) bond motifs is 1. The molecular formula is C14H15ClN2O2. The largest absolute Gasteiger partial charge is 0.370 e. The van der Waals surface area contributed by atoms with Gasteiger partial charge in [0.25, 0.3) is 0 Å². The first kappa shape index (κ1) is 13.6. The van der Waals surface area contributed by atoms with Crippen LogP contribution in [0.3, 0.4) is 0 Å². The van der Waals surface area contributed by atoms with Gasteiger partial charge in [0.05, 0.1) is 10.5 Å². The van der Waals surface area contributed by atoms with E-state index in [-0.39, 0.29) is 11.7 Å². The number of hydrogen-bond acceptors (Lipinski definition) is 2. The molecule has 0 bridgehead atoms. The molecule has 1 aromatic carbocycles. The fourth-order valence-electron chi connectivity index (χ4n) is 2.20. The van der Waals surface area contributed by atoms with Gasteiger partial charge in [-0.2, -0.15) is 0 Å². The Morgan fingerprint density at radius 1 is 1.37 bits per heavy atom. The second-order valence-electron chi connectivity index (χ2n) is 4.50. The number of para-hydroxylation sites is 1. The Bertz CT molecular complexity index is 646. The van der Waals surface area contributed by atoms with Crippen LogP contribution in [0.5, 0.6) is 0 Å². The molecule has 1 heterocycles. The van der Waals surface area contributed by atoms with Gasteiger partial charge in [-0.05, 0) is 19.4 Å². The molecule has 19 heavy (non-hydrogen) atoms. The number of aryl methyl sites for hydroxylation is 1. The van der Waals surface area contributed by atoms with Crippen LogP contribution in [-0.4, -0.2) is 16.3 Å². The smallest absolute Gasteiger partial charge is 0.217 e. The maximum atomic E-state index is 11.6. The number of benzene rings is 1. The van der Waals surface area contributed by atoms with E-state index in [1.54, 1.807) is 12.3 Å². The van der Waals surface area contributed by atoms with E-state index >= 15 is 0 Å². The van der Waals surface area contributed by atoms with Gasteiger partial charge < -0.3 is 10.3 Å². The molecule has 0 aliphatic rings. The Morgan fingerprint density at radius 3 is 2.74 bits per heavy atom. The minimum absolute atomic E-state index is 0.000850. The maximum absolute atomic E-state index is 11.6. The molecule has 2 N–H and O–H groups in total. The van der Waals surface area contributed by atoms with Crippen molar-refractivity contribution in [1.82, 2.24) is 4.57 Å². The third-order valence-electron chi connectivity index (χ3n) is 3.05. The molecule has 0 saturated carbocycles. The zero-order valence-corrected chi connectivity index (χ0v) is 11.4. The Kier molecular flexibility index (Phi) is 3.90. The molecule has 0 atom stereocenters. The van der Waals surface area contributed by atoms with Crippen LogP contribution in [0.2, 0.25) is 5.02 Å². The average molecular weight is 279 g/mol. The molecule has 2 rings (SSSR count). The predicted molar refractivity (Wildman–Crippen MR) is 75.4 cm³/mol. The van der Waals surface area contributed by atoms with E-state index in [0.29, 0.717) is 30.0 Å². The Balaban J connectivity index is 2.43. The van der Waals surface area contributed by atoms with Gasteiger partial charge in [0.2, 0.25) is 5.91 Å². The lowest BCUT2D eigenvalue weighted by molar-refractivity contribution is -0.118. The number of Topliss-reactive ketones (excluding diaryl/α,β-unsaturated/α-hetero) is 1. The van der Waals surface area contributed by atoms with Gasteiger partial charge in [0.1, 0.15) is 0 Å². The second kappa shape index (κ2) is 5.45. The van der Waals surface area contributed by atoms with Crippen LogP contribution in [-0.2, 0) is 11.3 Å². The number of carbonyl (C=O) groups is 2. The number of aromatic nitrogens is 1. The van der Waals surface area contributed by atoms with Crippen molar-refractivity contribution < 1.29 is 9.59 Å². The lowest BCUT2D eigenvalue weighted by atomic mass is 10.1. The summed E-state index contributed by atoms with van der Waals surface area (Å²) in [7, 11) is 0. The summed E-state index contributed by atoms with van der Waals surface area (Å²) in [6.45, 7) is 2.14. The molecule has 0 aliphatic heterocycles. The minimum Gasteiger partial charge on any atom is -0.370 e. The molecule has 2 aromatic rings. The molecule has 1 amide bonds. The molecule has 0 radical (unpaired) electrons. The maximum Gasteiger partial charge on any atom is 0.217 e. The van der Waals surface area contributed by atoms with Crippen LogP contribution in [0.15, 0.2) is 24.4 Å². The number of nitrogens with zero attached hydrogens (tertiary/aromatic N) is 1. The van der Waals surface area contributed by atoms with Gasteiger partial charge >= 0.3 is 0 Å². The van der Waals surface area contributed by atoms with E-state index < -0.39 is 0 Å². The van der Waals surface area contributed by atoms with Crippen LogP contribution in [0.25, 0.3) is 10.9 Å². The summed E-state index contributed by atoms with van der Waals surface area (Å²) in [4.78, 5) is 22.4. The second-order valence-corrected chi connectivity index (χ2v) is 4.91. The summed E-state index contributed by atoms with van der Waals surface area (Å²) in [5.41, 5.74) is 6.61. The van der Waals surface area contributed by atoms with Crippen LogP contribution >= 0.6 is 11.6 Å². The van der Waals surface area contributed by atoms with Crippen molar-refractivity contribution in [2.75, 3.05) is 0 Å². The monoisotopic (exact) mass is 278 g/mol. The lowest BCUT2D eigenvalue weighted by Gasteiger charge is -2.05. The van der Waals surface area contributed by atoms with Gasteiger partial charge in [-0.15, -0.1) is 0 Å². The summed E-state index contributed by atoms with van der Waals surface area (Å²) in [5.74, 6) is -0.324. The Morgan fingerprint density at radius 2 is 2.11 bits per heavy atom. The fraction of sp³-hybridized carbons (Fsp3) is 0.286. The summed E-state index contributed by atoms with van der Waals surface area (Å²) >= 11 is 6.20. The molecule has 1 aromatic heterocycles. The SMILES string of the molecule is CC(=O)c1cn(CCCC(N)=O)c2c(Cl)cccc12. The standard InChI is InChI=1S/C14H15ClN2O2/c1-9(18)11-8-17(7-3-6-13(16)19)14-10(11)4-2-5-12(14)15/h2,4-5,8H,3,6-7H2,1H3,(H2,16,19). The van der Waals surface area contributed by atoms with Gasteiger partial charge in [-0.3, -0.25) is 9.59 Å². The number of nitrogens with two attached hydrogens (primary N) is 1. The van der Waals surface area contributed by atoms with Crippen molar-refractivity contribution in [3.63, 3.8) is 0 Å². The van der Waals surface area contributed by atoms with Gasteiger partial charge in [-0.1, -0.05) is 23.7 Å². The Labute approximate surface area is 116 Å².